The highest BCUT2D eigenvalue weighted by atomic mass is 35.5. The predicted molar refractivity (Wildman–Crippen MR) is 204 cm³/mol. The third kappa shape index (κ3) is 10.8. The van der Waals surface area contributed by atoms with Gasteiger partial charge in [-0.3, -0.25) is 9.59 Å². The van der Waals surface area contributed by atoms with Crippen molar-refractivity contribution < 1.29 is 33.3 Å². The van der Waals surface area contributed by atoms with Crippen molar-refractivity contribution in [3.8, 4) is 17.4 Å². The number of piperidine rings is 1. The Bertz CT molecular complexity index is 1680. The largest absolute Gasteiger partial charge is 0.493 e. The van der Waals surface area contributed by atoms with Crippen molar-refractivity contribution in [2.75, 3.05) is 53.2 Å². The molecule has 2 saturated carbocycles. The summed E-state index contributed by atoms with van der Waals surface area (Å²) in [7, 11) is 1.71. The molecule has 6 rings (SSSR count). The Labute approximate surface area is 322 Å². The van der Waals surface area contributed by atoms with Gasteiger partial charge in [-0.05, 0) is 111 Å². The fourth-order valence-corrected chi connectivity index (χ4v) is 7.86. The lowest BCUT2D eigenvalue weighted by molar-refractivity contribution is -0.145. The molecule has 0 unspecified atom stereocenters. The topological polar surface area (TPSA) is 108 Å². The van der Waals surface area contributed by atoms with Crippen molar-refractivity contribution in [3.63, 3.8) is 0 Å². The fraction of sp³-hybridized carbons (Fsp3) is 0.537. The van der Waals surface area contributed by atoms with Crippen LogP contribution in [-0.2, 0) is 32.0 Å². The van der Waals surface area contributed by atoms with Crippen LogP contribution in [0.25, 0.3) is 0 Å². The number of carbonyl (C=O) groups is 2. The predicted octanol–water partition coefficient (Wildman–Crippen LogP) is 7.20. The molecule has 10 nitrogen and oxygen atoms in total. The number of ether oxygens (including phenoxy) is 5. The van der Waals surface area contributed by atoms with Gasteiger partial charge >= 0.3 is 5.97 Å². The molecule has 1 N–H and O–H groups in total. The standard InChI is InChI=1S/C41H51Cl2N3O7/c1-4-50-41(48)34-21-30(34)25-53-32-19-27(6-5-13-49-3)18-28(20-32)24-46(31-8-9-31)40(47)35-23-44-12-11-33(35)29-7-10-38(45-22-29)51-14-15-52-39-36(42)16-26(2)17-37(39)43/h7,10,16-20,22,30-31,33-35,44H,4-6,8-9,11-15,21,23-25H2,1-3H3/t30-,33-,34+,35+/m1/s1. The van der Waals surface area contributed by atoms with Crippen molar-refractivity contribution in [1.29, 1.82) is 0 Å². The number of halogens is 2. The van der Waals surface area contributed by atoms with Gasteiger partial charge in [0.25, 0.3) is 0 Å². The first kappa shape index (κ1) is 39.1. The average Bonchev–Trinajstić information content (AvgIpc) is 4.09. The van der Waals surface area contributed by atoms with Crippen LogP contribution in [0.5, 0.6) is 17.4 Å². The van der Waals surface area contributed by atoms with Crippen molar-refractivity contribution in [3.05, 3.63) is 81.0 Å². The molecule has 2 heterocycles. The number of nitrogens with zero attached hydrogens (tertiary/aromatic N) is 2. The number of methoxy groups -OCH3 is 1. The van der Waals surface area contributed by atoms with Gasteiger partial charge in [-0.15, -0.1) is 0 Å². The maximum Gasteiger partial charge on any atom is 0.309 e. The van der Waals surface area contributed by atoms with Gasteiger partial charge in [0.2, 0.25) is 11.8 Å². The summed E-state index contributed by atoms with van der Waals surface area (Å²) in [5.41, 5.74) is 4.18. The minimum atomic E-state index is -0.217. The van der Waals surface area contributed by atoms with E-state index >= 15 is 0 Å². The molecule has 2 aliphatic carbocycles. The second kappa shape index (κ2) is 18.7. The van der Waals surface area contributed by atoms with Crippen molar-refractivity contribution in [2.45, 2.75) is 70.9 Å². The maximum absolute atomic E-state index is 14.5. The zero-order valence-electron chi connectivity index (χ0n) is 30.9. The second-order valence-electron chi connectivity index (χ2n) is 14.3. The Hall–Kier alpha value is -3.57. The maximum atomic E-state index is 14.5. The second-order valence-corrected chi connectivity index (χ2v) is 15.1. The van der Waals surface area contributed by atoms with Gasteiger partial charge in [-0.1, -0.05) is 35.3 Å². The summed E-state index contributed by atoms with van der Waals surface area (Å²) in [5, 5.41) is 4.40. The number of nitrogens with one attached hydrogen (secondary N) is 1. The molecule has 4 atom stereocenters. The molecule has 0 radical (unpaired) electrons. The summed E-state index contributed by atoms with van der Waals surface area (Å²) < 4.78 is 28.4. The van der Waals surface area contributed by atoms with E-state index in [9.17, 15) is 9.59 Å². The normalized spacial score (nSPS) is 20.8. The summed E-state index contributed by atoms with van der Waals surface area (Å²) in [6.07, 6.45) is 7.20. The van der Waals surface area contributed by atoms with Gasteiger partial charge in [-0.25, -0.2) is 4.98 Å². The number of benzene rings is 2. The first-order chi connectivity index (χ1) is 25.7. The number of carbonyl (C=O) groups excluding carboxylic acids is 2. The lowest BCUT2D eigenvalue weighted by Crippen LogP contribution is -2.47. The van der Waals surface area contributed by atoms with E-state index < -0.39 is 0 Å². The molecular weight excluding hydrogens is 717 g/mol. The molecule has 53 heavy (non-hydrogen) atoms. The van der Waals surface area contributed by atoms with Crippen LogP contribution in [0.3, 0.4) is 0 Å². The summed E-state index contributed by atoms with van der Waals surface area (Å²) >= 11 is 12.6. The first-order valence-electron chi connectivity index (χ1n) is 18.8. The molecule has 12 heteroatoms. The lowest BCUT2D eigenvalue weighted by atomic mass is 9.81. The smallest absolute Gasteiger partial charge is 0.309 e. The number of aryl methyl sites for hydroxylation is 2. The van der Waals surface area contributed by atoms with E-state index in [1.807, 2.05) is 44.3 Å². The van der Waals surface area contributed by atoms with E-state index in [2.05, 4.69) is 33.4 Å². The molecule has 3 aliphatic rings. The molecule has 2 aromatic carbocycles. The SMILES string of the molecule is CCOC(=O)[C@H]1C[C@@H]1COc1cc(CCCOC)cc(CN(C(=O)[C@H]2CNCC[C@@H]2c2ccc(OCCOc3c(Cl)cc(C)cc3Cl)nc2)C2CC2)c1. The van der Waals surface area contributed by atoms with Crippen molar-refractivity contribution in [1.82, 2.24) is 15.2 Å². The van der Waals surface area contributed by atoms with Crippen LogP contribution in [0.15, 0.2) is 48.7 Å². The number of amides is 1. The minimum absolute atomic E-state index is 0.0332. The molecule has 0 bridgehead atoms. The Morgan fingerprint density at radius 1 is 0.943 bits per heavy atom. The van der Waals surface area contributed by atoms with Gasteiger partial charge in [0.1, 0.15) is 19.0 Å². The summed E-state index contributed by atoms with van der Waals surface area (Å²) in [5.74, 6) is 1.62. The van der Waals surface area contributed by atoms with Gasteiger partial charge in [0, 0.05) is 51.0 Å². The van der Waals surface area contributed by atoms with Crippen LogP contribution >= 0.6 is 23.2 Å². The number of pyridine rings is 1. The van der Waals surface area contributed by atoms with E-state index in [4.69, 9.17) is 46.9 Å². The Balaban J connectivity index is 1.09. The van der Waals surface area contributed by atoms with Gasteiger partial charge in [0.15, 0.2) is 5.75 Å². The average molecular weight is 769 g/mol. The molecule has 1 saturated heterocycles. The van der Waals surface area contributed by atoms with Gasteiger partial charge in [0.05, 0.1) is 35.1 Å². The summed E-state index contributed by atoms with van der Waals surface area (Å²) in [6, 6.07) is 14.0. The zero-order chi connectivity index (χ0) is 37.3. The summed E-state index contributed by atoms with van der Waals surface area (Å²) in [6.45, 7) is 7.76. The fourth-order valence-electron chi connectivity index (χ4n) is 7.15. The van der Waals surface area contributed by atoms with Crippen LogP contribution in [0.4, 0.5) is 0 Å². The third-order valence-electron chi connectivity index (χ3n) is 10.1. The number of esters is 1. The highest BCUT2D eigenvalue weighted by Gasteiger charge is 2.45. The van der Waals surface area contributed by atoms with E-state index in [1.165, 1.54) is 0 Å². The van der Waals surface area contributed by atoms with Crippen LogP contribution in [0, 0.1) is 24.7 Å². The zero-order valence-corrected chi connectivity index (χ0v) is 32.4. The Kier molecular flexibility index (Phi) is 13.8. The van der Waals surface area contributed by atoms with E-state index in [0.29, 0.717) is 54.6 Å². The van der Waals surface area contributed by atoms with Crippen LogP contribution in [-0.4, -0.2) is 81.0 Å². The molecule has 286 valence electrons. The van der Waals surface area contributed by atoms with Gasteiger partial charge < -0.3 is 33.9 Å². The van der Waals surface area contributed by atoms with Gasteiger partial charge in [-0.2, -0.15) is 0 Å². The molecule has 0 spiro atoms. The third-order valence-corrected chi connectivity index (χ3v) is 10.7. The molecule has 3 aromatic rings. The van der Waals surface area contributed by atoms with E-state index in [-0.39, 0.29) is 54.8 Å². The highest BCUT2D eigenvalue weighted by Crippen LogP contribution is 2.41. The van der Waals surface area contributed by atoms with E-state index in [0.717, 1.165) is 73.1 Å². The van der Waals surface area contributed by atoms with Crippen LogP contribution in [0.2, 0.25) is 10.0 Å². The number of hydrogen-bond donors (Lipinski definition) is 1. The van der Waals surface area contributed by atoms with E-state index in [1.54, 1.807) is 7.11 Å². The first-order valence-corrected chi connectivity index (χ1v) is 19.6. The molecular formula is C41H51Cl2N3O7. The Morgan fingerprint density at radius 2 is 1.72 bits per heavy atom. The quantitative estimate of drug-likeness (QED) is 0.100. The minimum Gasteiger partial charge on any atom is -0.493 e. The Morgan fingerprint density at radius 3 is 2.43 bits per heavy atom. The molecule has 1 aromatic heterocycles. The monoisotopic (exact) mass is 767 g/mol. The lowest BCUT2D eigenvalue weighted by Gasteiger charge is -2.35. The van der Waals surface area contributed by atoms with Crippen LogP contribution in [0.1, 0.15) is 67.2 Å². The molecule has 1 aliphatic heterocycles. The highest BCUT2D eigenvalue weighted by molar-refractivity contribution is 6.37. The van der Waals surface area contributed by atoms with Crippen LogP contribution < -0.4 is 19.5 Å². The molecule has 3 fully saturated rings. The molecule has 1 amide bonds. The number of rotatable bonds is 19. The number of hydrogen-bond acceptors (Lipinski definition) is 9. The number of aromatic nitrogens is 1. The van der Waals surface area contributed by atoms with Crippen molar-refractivity contribution >= 4 is 35.1 Å². The van der Waals surface area contributed by atoms with Crippen molar-refractivity contribution in [2.24, 2.45) is 17.8 Å². The summed E-state index contributed by atoms with van der Waals surface area (Å²) in [4.78, 5) is 33.3.